The van der Waals surface area contributed by atoms with Crippen LogP contribution < -0.4 is 4.74 Å². The van der Waals surface area contributed by atoms with Gasteiger partial charge in [0, 0.05) is 41.7 Å². The fourth-order valence-electron chi connectivity index (χ4n) is 3.52. The molecule has 3 aromatic rings. The Kier molecular flexibility index (Phi) is 5.77. The minimum Gasteiger partial charge on any atom is -0.477 e. The predicted octanol–water partition coefficient (Wildman–Crippen LogP) is 4.42. The fraction of sp³-hybridized carbons (Fsp3) is 0.417. The maximum absolute atomic E-state index is 10.2. The van der Waals surface area contributed by atoms with Crippen molar-refractivity contribution < 1.29 is 9.84 Å². The minimum absolute atomic E-state index is 0.111. The summed E-state index contributed by atoms with van der Waals surface area (Å²) in [5, 5.41) is 10.2. The summed E-state index contributed by atoms with van der Waals surface area (Å²) in [6.45, 7) is 8.44. The average Bonchev–Trinajstić information content (AvgIpc) is 3.52. The van der Waals surface area contributed by atoms with Crippen LogP contribution in [0.2, 0.25) is 0 Å². The third-order valence-corrected chi connectivity index (χ3v) is 5.58. The van der Waals surface area contributed by atoms with E-state index in [0.717, 1.165) is 23.2 Å². The van der Waals surface area contributed by atoms with E-state index in [1.165, 1.54) is 5.56 Å². The number of nitrogens with zero attached hydrogens (tertiary/aromatic N) is 4. The van der Waals surface area contributed by atoms with Crippen molar-refractivity contribution in [2.75, 3.05) is 6.61 Å². The summed E-state index contributed by atoms with van der Waals surface area (Å²) in [6, 6.07) is 8.00. The number of hydrogen-bond acceptors (Lipinski definition) is 6. The van der Waals surface area contributed by atoms with Crippen LogP contribution in [-0.4, -0.2) is 31.6 Å². The van der Waals surface area contributed by atoms with E-state index in [9.17, 15) is 5.11 Å². The summed E-state index contributed by atoms with van der Waals surface area (Å²) in [5.74, 6) is 2.25. The van der Waals surface area contributed by atoms with Crippen molar-refractivity contribution in [3.05, 3.63) is 65.6 Å². The van der Waals surface area contributed by atoms with Crippen LogP contribution >= 0.6 is 0 Å². The van der Waals surface area contributed by atoms with Crippen LogP contribution in [0.3, 0.4) is 0 Å². The van der Waals surface area contributed by atoms with Crippen molar-refractivity contribution in [1.29, 1.82) is 0 Å². The summed E-state index contributed by atoms with van der Waals surface area (Å²) in [4.78, 5) is 17.8. The first kappa shape index (κ1) is 20.4. The maximum Gasteiger partial charge on any atom is 0.224 e. The van der Waals surface area contributed by atoms with E-state index in [0.29, 0.717) is 35.8 Å². The number of aromatic nitrogens is 4. The van der Waals surface area contributed by atoms with Crippen LogP contribution in [0, 0.1) is 25.7 Å². The van der Waals surface area contributed by atoms with Crippen LogP contribution in [0.15, 0.2) is 42.9 Å². The standard InChI is InChI=1S/C24H28N4O2/c1-14(2)23(29)22-8-6-17(11-27-22)20-12-25-16(4)28-24(20)30-13-18-9-19(18)21-7-5-15(3)10-26-21/h5-8,10-12,14,18-19,23,29H,9,13H2,1-4H3/t18?,19-,23?/m0/s1. The zero-order valence-corrected chi connectivity index (χ0v) is 17.9. The molecule has 2 unspecified atom stereocenters. The van der Waals surface area contributed by atoms with Crippen molar-refractivity contribution in [2.24, 2.45) is 11.8 Å². The second-order valence-corrected chi connectivity index (χ2v) is 8.47. The Balaban J connectivity index is 1.47. The molecule has 3 heterocycles. The van der Waals surface area contributed by atoms with Gasteiger partial charge in [0.1, 0.15) is 5.82 Å². The van der Waals surface area contributed by atoms with Gasteiger partial charge in [0.15, 0.2) is 0 Å². The highest BCUT2D eigenvalue weighted by Crippen LogP contribution is 2.47. The summed E-state index contributed by atoms with van der Waals surface area (Å²) in [5.41, 5.74) is 4.66. The molecule has 0 aromatic carbocycles. The Hall–Kier alpha value is -2.86. The topological polar surface area (TPSA) is 81.0 Å². The van der Waals surface area contributed by atoms with E-state index in [2.05, 4.69) is 32.1 Å². The average molecular weight is 405 g/mol. The summed E-state index contributed by atoms with van der Waals surface area (Å²) < 4.78 is 6.13. The molecular formula is C24H28N4O2. The van der Waals surface area contributed by atoms with Gasteiger partial charge in [-0.2, -0.15) is 4.98 Å². The Morgan fingerprint density at radius 2 is 1.87 bits per heavy atom. The zero-order valence-electron chi connectivity index (χ0n) is 17.9. The quantitative estimate of drug-likeness (QED) is 0.628. The molecule has 3 aromatic heterocycles. The molecule has 1 saturated carbocycles. The van der Waals surface area contributed by atoms with E-state index in [4.69, 9.17) is 4.74 Å². The summed E-state index contributed by atoms with van der Waals surface area (Å²) >= 11 is 0. The van der Waals surface area contributed by atoms with Crippen LogP contribution in [-0.2, 0) is 0 Å². The van der Waals surface area contributed by atoms with Gasteiger partial charge in [0.2, 0.25) is 5.88 Å². The van der Waals surface area contributed by atoms with Crippen molar-refractivity contribution in [1.82, 2.24) is 19.9 Å². The molecule has 6 nitrogen and oxygen atoms in total. The van der Waals surface area contributed by atoms with E-state index >= 15 is 0 Å². The predicted molar refractivity (Wildman–Crippen MR) is 115 cm³/mol. The molecule has 1 N–H and O–H groups in total. The molecule has 0 aliphatic heterocycles. The lowest BCUT2D eigenvalue weighted by Crippen LogP contribution is -2.08. The van der Waals surface area contributed by atoms with Gasteiger partial charge < -0.3 is 9.84 Å². The highest BCUT2D eigenvalue weighted by atomic mass is 16.5. The van der Waals surface area contributed by atoms with Crippen molar-refractivity contribution in [3.63, 3.8) is 0 Å². The monoisotopic (exact) mass is 404 g/mol. The Bertz CT molecular complexity index is 1000. The molecule has 4 rings (SSSR count). The third-order valence-electron chi connectivity index (χ3n) is 5.58. The van der Waals surface area contributed by atoms with E-state index in [1.54, 1.807) is 12.4 Å². The molecule has 1 fully saturated rings. The highest BCUT2D eigenvalue weighted by Gasteiger charge is 2.40. The summed E-state index contributed by atoms with van der Waals surface area (Å²) in [7, 11) is 0. The molecule has 156 valence electrons. The minimum atomic E-state index is -0.578. The molecule has 0 saturated heterocycles. The van der Waals surface area contributed by atoms with Crippen LogP contribution in [0.25, 0.3) is 11.1 Å². The fourth-order valence-corrected chi connectivity index (χ4v) is 3.52. The number of pyridine rings is 2. The molecule has 3 atom stereocenters. The van der Waals surface area contributed by atoms with Crippen LogP contribution in [0.1, 0.15) is 55.1 Å². The first-order valence-corrected chi connectivity index (χ1v) is 10.5. The van der Waals surface area contributed by atoms with Crippen LogP contribution in [0.4, 0.5) is 0 Å². The van der Waals surface area contributed by atoms with Crippen molar-refractivity contribution in [2.45, 2.75) is 46.1 Å². The second kappa shape index (κ2) is 8.48. The molecule has 6 heteroatoms. The number of ether oxygens (including phenoxy) is 1. The number of hydrogen-bond donors (Lipinski definition) is 1. The van der Waals surface area contributed by atoms with Gasteiger partial charge >= 0.3 is 0 Å². The van der Waals surface area contributed by atoms with Gasteiger partial charge in [-0.1, -0.05) is 26.0 Å². The molecule has 0 bridgehead atoms. The van der Waals surface area contributed by atoms with Gasteiger partial charge in [-0.3, -0.25) is 9.97 Å². The number of aryl methyl sites for hydroxylation is 2. The summed E-state index contributed by atoms with van der Waals surface area (Å²) in [6.07, 6.45) is 5.95. The smallest absolute Gasteiger partial charge is 0.224 e. The molecule has 0 radical (unpaired) electrons. The van der Waals surface area contributed by atoms with Crippen molar-refractivity contribution in [3.8, 4) is 17.0 Å². The van der Waals surface area contributed by atoms with Crippen molar-refractivity contribution >= 4 is 0 Å². The zero-order chi connectivity index (χ0) is 21.3. The molecular weight excluding hydrogens is 376 g/mol. The lowest BCUT2D eigenvalue weighted by Gasteiger charge is -2.15. The molecule has 30 heavy (non-hydrogen) atoms. The van der Waals surface area contributed by atoms with Gasteiger partial charge in [0.05, 0.1) is 24.0 Å². The Morgan fingerprint density at radius 1 is 1.03 bits per heavy atom. The van der Waals surface area contributed by atoms with E-state index in [-0.39, 0.29) is 5.92 Å². The van der Waals surface area contributed by atoms with Gasteiger partial charge in [0.25, 0.3) is 0 Å². The number of aliphatic hydroxyl groups is 1. The third kappa shape index (κ3) is 4.49. The van der Waals surface area contributed by atoms with Gasteiger partial charge in [-0.25, -0.2) is 4.98 Å². The maximum atomic E-state index is 10.2. The van der Waals surface area contributed by atoms with E-state index < -0.39 is 6.10 Å². The Morgan fingerprint density at radius 3 is 2.53 bits per heavy atom. The second-order valence-electron chi connectivity index (χ2n) is 8.47. The molecule has 1 aliphatic carbocycles. The van der Waals surface area contributed by atoms with Gasteiger partial charge in [-0.15, -0.1) is 0 Å². The lowest BCUT2D eigenvalue weighted by molar-refractivity contribution is 0.122. The first-order valence-electron chi connectivity index (χ1n) is 10.5. The largest absolute Gasteiger partial charge is 0.477 e. The number of rotatable bonds is 7. The van der Waals surface area contributed by atoms with Gasteiger partial charge in [-0.05, 0) is 43.9 Å². The Labute approximate surface area is 177 Å². The molecule has 0 spiro atoms. The number of aliphatic hydroxyl groups excluding tert-OH is 1. The highest BCUT2D eigenvalue weighted by molar-refractivity contribution is 5.66. The lowest BCUT2D eigenvalue weighted by atomic mass is 10.0. The van der Waals surface area contributed by atoms with E-state index in [1.807, 2.05) is 46.0 Å². The molecule has 1 aliphatic rings. The normalized spacial score (nSPS) is 19.0. The van der Waals surface area contributed by atoms with Crippen LogP contribution in [0.5, 0.6) is 5.88 Å². The first-order chi connectivity index (χ1) is 14.4. The molecule has 0 amide bonds. The SMILES string of the molecule is Cc1ccc([C@H]2CC2COc2nc(C)ncc2-c2ccc(C(O)C(C)C)nc2)nc1.